The molecular weight excluding hydrogens is 328 g/mol. The maximum Gasteiger partial charge on any atom is 0.370 e. The number of aromatic nitrogens is 2. The van der Waals surface area contributed by atoms with Gasteiger partial charge in [-0.3, -0.25) is 0 Å². The Morgan fingerprint density at radius 1 is 1.17 bits per heavy atom. The van der Waals surface area contributed by atoms with Crippen molar-refractivity contribution in [3.8, 4) is 0 Å². The summed E-state index contributed by atoms with van der Waals surface area (Å²) in [5, 5.41) is -0.356. The van der Waals surface area contributed by atoms with Crippen molar-refractivity contribution in [1.29, 1.82) is 0 Å². The van der Waals surface area contributed by atoms with Gasteiger partial charge in [0.2, 0.25) is 6.79 Å². The van der Waals surface area contributed by atoms with E-state index in [0.29, 0.717) is 5.69 Å². The Kier molecular flexibility index (Phi) is 6.43. The SMILES string of the molecule is CC(C)SC(=O)OCOC(=O)c1cncn1C(C)c1ccccc1. The van der Waals surface area contributed by atoms with Gasteiger partial charge < -0.3 is 14.0 Å². The molecule has 24 heavy (non-hydrogen) atoms. The van der Waals surface area contributed by atoms with Crippen molar-refractivity contribution in [2.75, 3.05) is 6.79 Å². The maximum atomic E-state index is 12.2. The summed E-state index contributed by atoms with van der Waals surface area (Å²) in [4.78, 5) is 27.6. The molecule has 1 atom stereocenters. The van der Waals surface area contributed by atoms with E-state index in [4.69, 9.17) is 9.47 Å². The number of rotatable bonds is 6. The minimum absolute atomic E-state index is 0.0738. The molecule has 0 saturated carbocycles. The van der Waals surface area contributed by atoms with Gasteiger partial charge in [0.25, 0.3) is 0 Å². The highest BCUT2D eigenvalue weighted by Crippen LogP contribution is 2.20. The van der Waals surface area contributed by atoms with Crippen LogP contribution >= 0.6 is 11.8 Å². The average molecular weight is 348 g/mol. The van der Waals surface area contributed by atoms with Crippen LogP contribution in [0.5, 0.6) is 0 Å². The topological polar surface area (TPSA) is 70.4 Å². The molecule has 128 valence electrons. The van der Waals surface area contributed by atoms with Crippen molar-refractivity contribution < 1.29 is 19.1 Å². The van der Waals surface area contributed by atoms with Gasteiger partial charge in [0, 0.05) is 5.25 Å². The van der Waals surface area contributed by atoms with Crippen LogP contribution < -0.4 is 0 Å². The predicted molar refractivity (Wildman–Crippen MR) is 92.0 cm³/mol. The standard InChI is InChI=1S/C17H20N2O4S/c1-12(2)24-17(21)23-11-22-16(20)15-9-18-10-19(15)13(3)14-7-5-4-6-8-14/h4-10,12-13H,11H2,1-3H3. The minimum Gasteiger partial charge on any atom is -0.423 e. The lowest BCUT2D eigenvalue weighted by molar-refractivity contribution is 0.00300. The van der Waals surface area contributed by atoms with Crippen LogP contribution in [-0.4, -0.2) is 32.9 Å². The molecule has 1 heterocycles. The van der Waals surface area contributed by atoms with Crippen LogP contribution in [-0.2, 0) is 9.47 Å². The molecule has 0 aliphatic rings. The number of esters is 1. The highest BCUT2D eigenvalue weighted by molar-refractivity contribution is 8.13. The molecule has 0 amide bonds. The number of thioether (sulfide) groups is 1. The molecule has 0 radical (unpaired) electrons. The normalized spacial score (nSPS) is 12.0. The summed E-state index contributed by atoms with van der Waals surface area (Å²) in [6.45, 7) is 5.30. The van der Waals surface area contributed by atoms with E-state index in [1.54, 1.807) is 10.9 Å². The van der Waals surface area contributed by atoms with E-state index in [1.807, 2.05) is 51.1 Å². The van der Waals surface area contributed by atoms with Gasteiger partial charge in [-0.2, -0.15) is 0 Å². The van der Waals surface area contributed by atoms with E-state index in [2.05, 4.69) is 4.98 Å². The first-order valence-corrected chi connectivity index (χ1v) is 8.44. The second-order valence-electron chi connectivity index (χ2n) is 5.38. The first-order chi connectivity index (χ1) is 11.5. The van der Waals surface area contributed by atoms with Gasteiger partial charge in [-0.1, -0.05) is 44.2 Å². The van der Waals surface area contributed by atoms with Gasteiger partial charge in [0.05, 0.1) is 18.6 Å². The van der Waals surface area contributed by atoms with Crippen LogP contribution in [0.3, 0.4) is 0 Å². The second kappa shape index (κ2) is 8.54. The van der Waals surface area contributed by atoms with Crippen LogP contribution in [0.15, 0.2) is 42.9 Å². The Hall–Kier alpha value is -2.28. The van der Waals surface area contributed by atoms with Gasteiger partial charge in [0.15, 0.2) is 0 Å². The first-order valence-electron chi connectivity index (χ1n) is 7.56. The number of ether oxygens (including phenoxy) is 2. The van der Waals surface area contributed by atoms with Crippen molar-refractivity contribution in [2.24, 2.45) is 0 Å². The summed E-state index contributed by atoms with van der Waals surface area (Å²) in [5.74, 6) is -0.586. The molecular formula is C17H20N2O4S. The summed E-state index contributed by atoms with van der Waals surface area (Å²) in [7, 11) is 0. The monoisotopic (exact) mass is 348 g/mol. The van der Waals surface area contributed by atoms with E-state index in [-0.39, 0.29) is 11.3 Å². The maximum absolute atomic E-state index is 12.2. The van der Waals surface area contributed by atoms with Crippen molar-refractivity contribution in [3.63, 3.8) is 0 Å². The Balaban J connectivity index is 1.97. The van der Waals surface area contributed by atoms with Gasteiger partial charge in [-0.05, 0) is 24.2 Å². The van der Waals surface area contributed by atoms with Crippen molar-refractivity contribution in [2.45, 2.75) is 32.1 Å². The Bertz CT molecular complexity index is 685. The molecule has 2 rings (SSSR count). The van der Waals surface area contributed by atoms with E-state index in [9.17, 15) is 9.59 Å². The Labute approximate surface area is 145 Å². The fourth-order valence-electron chi connectivity index (χ4n) is 2.10. The van der Waals surface area contributed by atoms with Crippen LogP contribution in [0.2, 0.25) is 0 Å². The smallest absolute Gasteiger partial charge is 0.370 e. The fourth-order valence-corrected chi connectivity index (χ4v) is 2.60. The van der Waals surface area contributed by atoms with E-state index in [1.165, 1.54) is 6.20 Å². The third-order valence-electron chi connectivity index (χ3n) is 3.27. The number of hydrogen-bond donors (Lipinski definition) is 0. The van der Waals surface area contributed by atoms with Gasteiger partial charge in [-0.15, -0.1) is 0 Å². The highest BCUT2D eigenvalue weighted by atomic mass is 32.2. The molecule has 0 aliphatic carbocycles. The Morgan fingerprint density at radius 3 is 2.54 bits per heavy atom. The summed E-state index contributed by atoms with van der Waals surface area (Å²) >= 11 is 1.04. The molecule has 1 aromatic carbocycles. The Morgan fingerprint density at radius 2 is 1.88 bits per heavy atom. The van der Waals surface area contributed by atoms with Gasteiger partial charge >= 0.3 is 11.3 Å². The molecule has 0 N–H and O–H groups in total. The number of hydrogen-bond acceptors (Lipinski definition) is 6. The van der Waals surface area contributed by atoms with Crippen molar-refractivity contribution in [3.05, 3.63) is 54.1 Å². The summed E-state index contributed by atoms with van der Waals surface area (Å²) in [5.41, 5.74) is 1.35. The first kappa shape index (κ1) is 18.1. The zero-order valence-corrected chi connectivity index (χ0v) is 14.7. The number of benzene rings is 1. The van der Waals surface area contributed by atoms with E-state index >= 15 is 0 Å². The fraction of sp³-hybridized carbons (Fsp3) is 0.353. The molecule has 6 nitrogen and oxygen atoms in total. The third kappa shape index (κ3) is 4.86. The van der Waals surface area contributed by atoms with Crippen molar-refractivity contribution >= 4 is 23.0 Å². The highest BCUT2D eigenvalue weighted by Gasteiger charge is 2.18. The zero-order chi connectivity index (χ0) is 17.5. The number of carbonyl (C=O) groups is 2. The molecule has 0 aliphatic heterocycles. The molecule has 1 unspecified atom stereocenters. The van der Waals surface area contributed by atoms with Crippen LogP contribution in [0, 0.1) is 0 Å². The number of imidazole rings is 1. The number of nitrogens with zero attached hydrogens (tertiary/aromatic N) is 2. The molecule has 2 aromatic rings. The lowest BCUT2D eigenvalue weighted by atomic mass is 10.1. The quantitative estimate of drug-likeness (QED) is 0.583. The molecule has 0 saturated heterocycles. The molecule has 0 spiro atoms. The van der Waals surface area contributed by atoms with Crippen molar-refractivity contribution in [1.82, 2.24) is 9.55 Å². The number of carbonyl (C=O) groups excluding carboxylic acids is 2. The predicted octanol–water partition coefficient (Wildman–Crippen LogP) is 3.88. The summed E-state index contributed by atoms with van der Waals surface area (Å²) < 4.78 is 11.6. The molecule has 0 bridgehead atoms. The lowest BCUT2D eigenvalue weighted by Gasteiger charge is -2.16. The van der Waals surface area contributed by atoms with Crippen LogP contribution in [0.25, 0.3) is 0 Å². The van der Waals surface area contributed by atoms with Crippen LogP contribution in [0.4, 0.5) is 4.79 Å². The largest absolute Gasteiger partial charge is 0.423 e. The molecule has 0 fully saturated rings. The second-order valence-corrected chi connectivity index (χ2v) is 6.90. The zero-order valence-electron chi connectivity index (χ0n) is 13.8. The van der Waals surface area contributed by atoms with E-state index < -0.39 is 18.1 Å². The molecule has 7 heteroatoms. The van der Waals surface area contributed by atoms with Gasteiger partial charge in [-0.25, -0.2) is 14.6 Å². The summed E-state index contributed by atoms with van der Waals surface area (Å²) in [6.07, 6.45) is 3.02. The van der Waals surface area contributed by atoms with Crippen LogP contribution in [0.1, 0.15) is 42.9 Å². The average Bonchev–Trinajstić information content (AvgIpc) is 3.03. The lowest BCUT2D eigenvalue weighted by Crippen LogP contribution is -2.17. The molecule has 1 aromatic heterocycles. The minimum atomic E-state index is -0.586. The third-order valence-corrected chi connectivity index (χ3v) is 4.05. The van der Waals surface area contributed by atoms with Gasteiger partial charge in [0.1, 0.15) is 5.69 Å². The summed E-state index contributed by atoms with van der Waals surface area (Å²) in [6, 6.07) is 9.69. The van der Waals surface area contributed by atoms with E-state index in [0.717, 1.165) is 17.3 Å².